The molecule has 0 aromatic heterocycles. The zero-order chi connectivity index (χ0) is 67.5. The first-order chi connectivity index (χ1) is 45.6. The van der Waals surface area contributed by atoms with Gasteiger partial charge in [0, 0.05) is 12.8 Å². The van der Waals surface area contributed by atoms with Crippen molar-refractivity contribution in [3.05, 3.63) is 182 Å². The largest absolute Gasteiger partial charge is 0.545 e. The minimum absolute atomic E-state index is 0.130. The number of nitrogens with zero attached hydrogens (tertiary/aromatic N) is 1. The standard InChI is InChI=1S/C84H135NO8/c1-6-8-10-12-14-16-18-20-22-24-26-28-30-32-34-36-38-40-41-43-44-46-48-50-52-54-56-58-60-62-64-66-68-70-72-74-81(86)91-78-80(79-92-84(83(88)89)90-77-76-85(3,4)5)93-82(87)75-73-71-69-67-65-63-61-59-57-55-53-51-49-47-45-42-39-37-35-33-31-29-27-25-23-21-19-17-15-13-11-9-7-2/h8-11,14-17,20-23,26-29,32-35,39,42,47,49,53,55,59,61,65,67,80,84H,6-7,12-13,18-19,24-25,30-31,36-38,40-41,43-46,48,50-52,54,56-58,60,62-64,66,68-79H2,1-5H3/b10-8-,11-9-,16-14-,17-15-,22-20-,23-21-,28-26-,29-27-,34-32-,35-33-,42-39-,49-47-,55-53-,61-59-,67-65-. The Hall–Kier alpha value is -5.61. The van der Waals surface area contributed by atoms with Crippen LogP contribution >= 0.6 is 0 Å². The first kappa shape index (κ1) is 87.4. The van der Waals surface area contributed by atoms with E-state index in [2.05, 4.69) is 196 Å². The number of carbonyl (C=O) groups excluding carboxylic acids is 3. The molecule has 0 aromatic rings. The molecule has 2 atom stereocenters. The average Bonchev–Trinajstić information content (AvgIpc) is 3.74. The lowest BCUT2D eigenvalue weighted by Gasteiger charge is -2.26. The van der Waals surface area contributed by atoms with E-state index in [1.165, 1.54) is 109 Å². The molecule has 0 N–H and O–H groups in total. The molecule has 2 unspecified atom stereocenters. The molecule has 0 spiro atoms. The van der Waals surface area contributed by atoms with Crippen LogP contribution in [-0.2, 0) is 33.3 Å². The minimum atomic E-state index is -1.65. The average molecular weight is 1290 g/mol. The Balaban J connectivity index is 4.20. The Morgan fingerprint density at radius 3 is 0.882 bits per heavy atom. The first-order valence-electron chi connectivity index (χ1n) is 36.9. The molecule has 0 aliphatic rings. The number of likely N-dealkylation sites (N-methyl/N-ethyl adjacent to an activating group) is 1. The molecule has 9 heteroatoms. The van der Waals surface area contributed by atoms with Crippen LogP contribution in [0.3, 0.4) is 0 Å². The van der Waals surface area contributed by atoms with Crippen LogP contribution in [0.5, 0.6) is 0 Å². The lowest BCUT2D eigenvalue weighted by Crippen LogP contribution is -2.44. The Kier molecular flexibility index (Phi) is 67.9. The molecule has 0 aliphatic heterocycles. The molecule has 0 heterocycles. The Morgan fingerprint density at radius 1 is 0.323 bits per heavy atom. The Bertz CT molecular complexity index is 2190. The summed E-state index contributed by atoms with van der Waals surface area (Å²) in [5.41, 5.74) is 0. The predicted molar refractivity (Wildman–Crippen MR) is 398 cm³/mol. The molecular weight excluding hydrogens is 1150 g/mol. The van der Waals surface area contributed by atoms with Crippen molar-refractivity contribution in [1.82, 2.24) is 0 Å². The molecule has 0 aliphatic carbocycles. The van der Waals surface area contributed by atoms with Gasteiger partial charge in [0.25, 0.3) is 0 Å². The molecule has 0 saturated carbocycles. The summed E-state index contributed by atoms with van der Waals surface area (Å²) in [6.07, 6.45) is 107. The van der Waals surface area contributed by atoms with E-state index in [-0.39, 0.29) is 38.6 Å². The molecule has 0 bridgehead atoms. The molecule has 0 fully saturated rings. The third-order valence-corrected chi connectivity index (χ3v) is 15.1. The summed E-state index contributed by atoms with van der Waals surface area (Å²) in [4.78, 5) is 37.5. The van der Waals surface area contributed by atoms with Gasteiger partial charge in [0.2, 0.25) is 0 Å². The first-order valence-corrected chi connectivity index (χ1v) is 36.9. The van der Waals surface area contributed by atoms with Crippen molar-refractivity contribution < 1.29 is 42.9 Å². The molecule has 9 nitrogen and oxygen atoms in total. The number of hydrogen-bond donors (Lipinski definition) is 0. The second-order valence-corrected chi connectivity index (χ2v) is 25.1. The highest BCUT2D eigenvalue weighted by Gasteiger charge is 2.22. The van der Waals surface area contributed by atoms with Crippen molar-refractivity contribution in [3.8, 4) is 0 Å². The van der Waals surface area contributed by atoms with Crippen LogP contribution < -0.4 is 5.11 Å². The van der Waals surface area contributed by atoms with Gasteiger partial charge in [-0.1, -0.05) is 305 Å². The van der Waals surface area contributed by atoms with Crippen LogP contribution in [0.25, 0.3) is 0 Å². The lowest BCUT2D eigenvalue weighted by molar-refractivity contribution is -0.870. The maximum absolute atomic E-state index is 12.9. The van der Waals surface area contributed by atoms with E-state index in [1.54, 1.807) is 0 Å². The SMILES string of the molecule is CC/C=C\C/C=C\C/C=C\C/C=C\C/C=C\C/C=C\C/C=C\C/C=C\C/C=C\C/C=C\CCCCC(=O)OC(COC(=O)CCCCCCCCCCCCCCCCCCCCC/C=C\C/C=C\C/C=C\C/C=C\C/C=C\CC)COC(OCC[N+](C)(C)C)C(=O)[O-]. The third-order valence-electron chi connectivity index (χ3n) is 15.1. The summed E-state index contributed by atoms with van der Waals surface area (Å²) in [6.45, 7) is 4.46. The number of aliphatic carboxylic acids is 1. The predicted octanol–water partition coefficient (Wildman–Crippen LogP) is 22.2. The summed E-state index contributed by atoms with van der Waals surface area (Å²) >= 11 is 0. The van der Waals surface area contributed by atoms with E-state index < -0.39 is 24.3 Å². The molecule has 0 amide bonds. The van der Waals surface area contributed by atoms with Crippen molar-refractivity contribution in [3.63, 3.8) is 0 Å². The minimum Gasteiger partial charge on any atom is -0.545 e. The number of carbonyl (C=O) groups is 3. The number of carboxylic acid groups (broad SMARTS) is 1. The van der Waals surface area contributed by atoms with Crippen molar-refractivity contribution in [2.45, 2.75) is 283 Å². The summed E-state index contributed by atoms with van der Waals surface area (Å²) in [7, 11) is 5.91. The maximum atomic E-state index is 12.9. The summed E-state index contributed by atoms with van der Waals surface area (Å²) in [6, 6.07) is 0. The zero-order valence-electron chi connectivity index (χ0n) is 59.8. The van der Waals surface area contributed by atoms with Crippen LogP contribution in [0.4, 0.5) is 0 Å². The molecule has 93 heavy (non-hydrogen) atoms. The van der Waals surface area contributed by atoms with Crippen molar-refractivity contribution >= 4 is 17.9 Å². The normalized spacial score (nSPS) is 13.8. The van der Waals surface area contributed by atoms with E-state index in [9.17, 15) is 19.5 Å². The van der Waals surface area contributed by atoms with Crippen LogP contribution in [0.1, 0.15) is 271 Å². The highest BCUT2D eigenvalue weighted by molar-refractivity contribution is 5.70. The summed E-state index contributed by atoms with van der Waals surface area (Å²) in [5.74, 6) is -2.35. The highest BCUT2D eigenvalue weighted by Crippen LogP contribution is 2.17. The number of allylic oxidation sites excluding steroid dienone is 30. The van der Waals surface area contributed by atoms with E-state index in [0.29, 0.717) is 17.4 Å². The fourth-order valence-corrected chi connectivity index (χ4v) is 9.59. The number of carboxylic acids is 1. The zero-order valence-corrected chi connectivity index (χ0v) is 59.8. The van der Waals surface area contributed by atoms with Crippen LogP contribution in [0.2, 0.25) is 0 Å². The third kappa shape index (κ3) is 73.7. The van der Waals surface area contributed by atoms with E-state index in [4.69, 9.17) is 18.9 Å². The summed E-state index contributed by atoms with van der Waals surface area (Å²) in [5, 5.41) is 11.8. The van der Waals surface area contributed by atoms with Crippen molar-refractivity contribution in [1.29, 1.82) is 0 Å². The number of hydrogen-bond acceptors (Lipinski definition) is 8. The van der Waals surface area contributed by atoms with Gasteiger partial charge in [-0.25, -0.2) is 0 Å². The van der Waals surface area contributed by atoms with Gasteiger partial charge in [-0.05, 0) is 135 Å². The van der Waals surface area contributed by atoms with Crippen LogP contribution in [0, 0.1) is 0 Å². The second kappa shape index (κ2) is 72.2. The topological polar surface area (TPSA) is 111 Å². The monoisotopic (exact) mass is 1290 g/mol. The Labute approximate surface area is 570 Å². The molecule has 0 radical (unpaired) electrons. The lowest BCUT2D eigenvalue weighted by atomic mass is 10.0. The van der Waals surface area contributed by atoms with E-state index >= 15 is 0 Å². The second-order valence-electron chi connectivity index (χ2n) is 25.1. The molecule has 0 rings (SSSR count). The fraction of sp³-hybridized carbons (Fsp3) is 0.607. The molecular formula is C84H135NO8. The quantitative estimate of drug-likeness (QED) is 0.0195. The van der Waals surface area contributed by atoms with Gasteiger partial charge in [0.15, 0.2) is 12.4 Å². The fourth-order valence-electron chi connectivity index (χ4n) is 9.59. The molecule has 0 aromatic carbocycles. The molecule has 0 saturated heterocycles. The van der Waals surface area contributed by atoms with Crippen molar-refractivity contribution in [2.24, 2.45) is 0 Å². The van der Waals surface area contributed by atoms with Gasteiger partial charge < -0.3 is 33.3 Å². The number of esters is 2. The molecule has 524 valence electrons. The number of rotatable bonds is 66. The van der Waals surface area contributed by atoms with E-state index in [1.807, 2.05) is 21.1 Å². The van der Waals surface area contributed by atoms with Gasteiger partial charge in [-0.2, -0.15) is 0 Å². The van der Waals surface area contributed by atoms with Gasteiger partial charge in [-0.15, -0.1) is 0 Å². The number of ether oxygens (including phenoxy) is 4. The maximum Gasteiger partial charge on any atom is 0.306 e. The van der Waals surface area contributed by atoms with Crippen LogP contribution in [0.15, 0.2) is 182 Å². The number of quaternary nitrogens is 1. The van der Waals surface area contributed by atoms with Crippen LogP contribution in [-0.4, -0.2) is 82.3 Å². The van der Waals surface area contributed by atoms with E-state index in [0.717, 1.165) is 128 Å². The van der Waals surface area contributed by atoms with Crippen molar-refractivity contribution in [2.75, 3.05) is 47.5 Å². The highest BCUT2D eigenvalue weighted by atomic mass is 16.7. The van der Waals surface area contributed by atoms with Gasteiger partial charge in [0.1, 0.15) is 13.2 Å². The van der Waals surface area contributed by atoms with Gasteiger partial charge >= 0.3 is 11.9 Å². The smallest absolute Gasteiger partial charge is 0.306 e. The number of unbranched alkanes of at least 4 members (excludes halogenated alkanes) is 21. The van der Waals surface area contributed by atoms with Gasteiger partial charge in [0.05, 0.1) is 40.3 Å². The Morgan fingerprint density at radius 2 is 0.581 bits per heavy atom. The van der Waals surface area contributed by atoms with Gasteiger partial charge in [-0.3, -0.25) is 9.59 Å². The summed E-state index contributed by atoms with van der Waals surface area (Å²) < 4.78 is 22.8.